The van der Waals surface area contributed by atoms with Crippen LogP contribution in [0.25, 0.3) is 16.6 Å². The van der Waals surface area contributed by atoms with Gasteiger partial charge in [0.05, 0.1) is 12.8 Å². The van der Waals surface area contributed by atoms with Crippen LogP contribution < -0.4 is 10.4 Å². The molecule has 0 fully saturated rings. The maximum absolute atomic E-state index is 11.8. The summed E-state index contributed by atoms with van der Waals surface area (Å²) in [6.45, 7) is 0.199. The number of fused-ring (bicyclic) bond motifs is 2. The average molecular weight is 350 g/mol. The molecule has 26 heavy (non-hydrogen) atoms. The molecule has 4 aromatic rings. The number of hydrogen-bond acceptors (Lipinski definition) is 6. The van der Waals surface area contributed by atoms with Gasteiger partial charge in [0, 0.05) is 29.9 Å². The van der Waals surface area contributed by atoms with Crippen molar-refractivity contribution in [1.82, 2.24) is 9.38 Å². The third kappa shape index (κ3) is 2.90. The number of rotatable bonds is 4. The van der Waals surface area contributed by atoms with Crippen molar-refractivity contribution in [2.45, 2.75) is 6.61 Å². The van der Waals surface area contributed by atoms with E-state index in [0.717, 1.165) is 5.39 Å². The molecule has 0 aliphatic rings. The first-order valence-corrected chi connectivity index (χ1v) is 7.86. The average Bonchev–Trinajstić information content (AvgIpc) is 3.08. The number of aromatic nitrogens is 2. The Morgan fingerprint density at radius 1 is 1.23 bits per heavy atom. The van der Waals surface area contributed by atoms with Gasteiger partial charge in [0.15, 0.2) is 5.65 Å². The molecule has 7 nitrogen and oxygen atoms in total. The van der Waals surface area contributed by atoms with Gasteiger partial charge in [-0.1, -0.05) is 0 Å². The summed E-state index contributed by atoms with van der Waals surface area (Å²) in [6, 6.07) is 11.7. The Hall–Kier alpha value is -3.61. The molecular weight excluding hydrogens is 336 g/mol. The molecule has 0 amide bonds. The third-order valence-electron chi connectivity index (χ3n) is 3.92. The Balaban J connectivity index is 1.60. The largest absolute Gasteiger partial charge is 0.487 e. The fraction of sp³-hybridized carbons (Fsp3) is 0.105. The lowest BCUT2D eigenvalue weighted by Gasteiger charge is -2.04. The Labute approximate surface area is 147 Å². The zero-order valence-electron chi connectivity index (χ0n) is 13.8. The number of hydrogen-bond donors (Lipinski definition) is 0. The number of nitrogens with zero attached hydrogens (tertiary/aromatic N) is 2. The molecule has 130 valence electrons. The van der Waals surface area contributed by atoms with E-state index in [1.165, 1.54) is 13.2 Å². The summed E-state index contributed by atoms with van der Waals surface area (Å²) in [7, 11) is 1.33. The van der Waals surface area contributed by atoms with Crippen LogP contribution in [-0.2, 0) is 11.3 Å². The summed E-state index contributed by atoms with van der Waals surface area (Å²) in [5, 5.41) is 0.812. The number of benzene rings is 1. The Morgan fingerprint density at radius 2 is 2.08 bits per heavy atom. The van der Waals surface area contributed by atoms with Gasteiger partial charge >= 0.3 is 11.6 Å². The van der Waals surface area contributed by atoms with Gasteiger partial charge in [-0.3, -0.25) is 0 Å². The molecule has 0 unspecified atom stereocenters. The molecule has 0 N–H and O–H groups in total. The molecular formula is C19H14N2O5. The third-order valence-corrected chi connectivity index (χ3v) is 3.92. The van der Waals surface area contributed by atoms with E-state index in [1.54, 1.807) is 47.1 Å². The first-order valence-electron chi connectivity index (χ1n) is 7.86. The van der Waals surface area contributed by atoms with Gasteiger partial charge < -0.3 is 18.3 Å². The van der Waals surface area contributed by atoms with Crippen LogP contribution in [-0.4, -0.2) is 22.5 Å². The van der Waals surface area contributed by atoms with Crippen LogP contribution in [0, 0.1) is 0 Å². The van der Waals surface area contributed by atoms with E-state index >= 15 is 0 Å². The zero-order chi connectivity index (χ0) is 18.1. The summed E-state index contributed by atoms with van der Waals surface area (Å²) in [4.78, 5) is 27.6. The van der Waals surface area contributed by atoms with Crippen LogP contribution >= 0.6 is 0 Å². The van der Waals surface area contributed by atoms with Crippen LogP contribution in [0.2, 0.25) is 0 Å². The lowest BCUT2D eigenvalue weighted by atomic mass is 10.2. The zero-order valence-corrected chi connectivity index (χ0v) is 13.8. The van der Waals surface area contributed by atoms with Crippen molar-refractivity contribution in [2.75, 3.05) is 7.11 Å². The predicted molar refractivity (Wildman–Crippen MR) is 93.3 cm³/mol. The second-order valence-electron chi connectivity index (χ2n) is 5.62. The van der Waals surface area contributed by atoms with Gasteiger partial charge in [-0.05, 0) is 30.3 Å². The van der Waals surface area contributed by atoms with E-state index in [-0.39, 0.29) is 6.61 Å². The fourth-order valence-corrected chi connectivity index (χ4v) is 2.69. The second-order valence-corrected chi connectivity index (χ2v) is 5.62. The number of carbonyl (C=O) groups is 1. The molecule has 0 radical (unpaired) electrons. The van der Waals surface area contributed by atoms with Crippen molar-refractivity contribution in [3.8, 4) is 5.75 Å². The Morgan fingerprint density at radius 3 is 2.92 bits per heavy atom. The molecule has 3 heterocycles. The monoisotopic (exact) mass is 350 g/mol. The van der Waals surface area contributed by atoms with Crippen LogP contribution in [0.5, 0.6) is 5.75 Å². The highest BCUT2D eigenvalue weighted by Crippen LogP contribution is 2.21. The number of esters is 1. The molecule has 0 saturated carbocycles. The molecule has 0 atom stereocenters. The minimum Gasteiger partial charge on any atom is -0.487 e. The molecule has 0 aliphatic carbocycles. The number of methoxy groups -OCH3 is 1. The van der Waals surface area contributed by atoms with E-state index in [0.29, 0.717) is 28.2 Å². The molecule has 0 spiro atoms. The van der Waals surface area contributed by atoms with Gasteiger partial charge in [0.2, 0.25) is 0 Å². The van der Waals surface area contributed by atoms with Gasteiger partial charge in [0.25, 0.3) is 0 Å². The van der Waals surface area contributed by atoms with Crippen molar-refractivity contribution in [3.05, 3.63) is 76.5 Å². The Bertz CT molecular complexity index is 1180. The van der Waals surface area contributed by atoms with Crippen LogP contribution in [0.15, 0.2) is 64.1 Å². The Kier molecular flexibility index (Phi) is 3.89. The molecule has 0 saturated heterocycles. The maximum Gasteiger partial charge on any atom is 0.341 e. The topological polar surface area (TPSA) is 83.0 Å². The highest BCUT2D eigenvalue weighted by atomic mass is 16.5. The number of carbonyl (C=O) groups excluding carboxylic acids is 1. The van der Waals surface area contributed by atoms with Crippen molar-refractivity contribution in [3.63, 3.8) is 0 Å². The van der Waals surface area contributed by atoms with Crippen LogP contribution in [0.4, 0.5) is 0 Å². The van der Waals surface area contributed by atoms with Gasteiger partial charge in [-0.15, -0.1) is 0 Å². The fourth-order valence-electron chi connectivity index (χ4n) is 2.69. The SMILES string of the molecule is COC(=O)c1cccn2cc(COc3ccc4ccc(=O)oc4c3)nc12. The van der Waals surface area contributed by atoms with Crippen molar-refractivity contribution in [2.24, 2.45) is 0 Å². The van der Waals surface area contributed by atoms with Crippen molar-refractivity contribution >= 4 is 22.6 Å². The minimum absolute atomic E-state index is 0.199. The predicted octanol–water partition coefficient (Wildman–Crippen LogP) is 2.81. The smallest absolute Gasteiger partial charge is 0.341 e. The first kappa shape index (κ1) is 15.9. The summed E-state index contributed by atoms with van der Waals surface area (Å²) < 4.78 is 17.4. The van der Waals surface area contributed by atoms with E-state index in [4.69, 9.17) is 13.9 Å². The maximum atomic E-state index is 11.8. The highest BCUT2D eigenvalue weighted by molar-refractivity contribution is 5.95. The molecule has 0 bridgehead atoms. The summed E-state index contributed by atoms with van der Waals surface area (Å²) >= 11 is 0. The first-order chi connectivity index (χ1) is 12.6. The summed E-state index contributed by atoms with van der Waals surface area (Å²) in [5.74, 6) is 0.107. The number of imidazole rings is 1. The van der Waals surface area contributed by atoms with E-state index in [9.17, 15) is 9.59 Å². The quantitative estimate of drug-likeness (QED) is 0.416. The van der Waals surface area contributed by atoms with Crippen LogP contribution in [0.3, 0.4) is 0 Å². The van der Waals surface area contributed by atoms with Crippen molar-refractivity contribution < 1.29 is 18.7 Å². The second kappa shape index (κ2) is 6.36. The summed E-state index contributed by atoms with van der Waals surface area (Å²) in [6.07, 6.45) is 3.58. The van der Waals surface area contributed by atoms with E-state index in [1.807, 2.05) is 6.07 Å². The standard InChI is InChI=1S/C19H14N2O5/c1-24-19(23)15-3-2-8-21-10-13(20-18(15)21)11-25-14-6-4-12-5-7-17(22)26-16(12)9-14/h2-10H,11H2,1H3. The lowest BCUT2D eigenvalue weighted by Crippen LogP contribution is -2.03. The van der Waals surface area contributed by atoms with E-state index < -0.39 is 11.6 Å². The van der Waals surface area contributed by atoms with Crippen LogP contribution in [0.1, 0.15) is 16.1 Å². The molecule has 3 aromatic heterocycles. The summed E-state index contributed by atoms with van der Waals surface area (Å²) in [5.41, 5.74) is 1.58. The number of pyridine rings is 1. The number of ether oxygens (including phenoxy) is 2. The minimum atomic E-state index is -0.446. The molecule has 1 aromatic carbocycles. The molecule has 7 heteroatoms. The van der Waals surface area contributed by atoms with Gasteiger partial charge in [-0.2, -0.15) is 0 Å². The molecule has 4 rings (SSSR count). The normalized spacial score (nSPS) is 11.0. The van der Waals surface area contributed by atoms with E-state index in [2.05, 4.69) is 4.98 Å². The van der Waals surface area contributed by atoms with Crippen molar-refractivity contribution in [1.29, 1.82) is 0 Å². The molecule has 0 aliphatic heterocycles. The van der Waals surface area contributed by atoms with Gasteiger partial charge in [0.1, 0.15) is 23.5 Å². The lowest BCUT2D eigenvalue weighted by molar-refractivity contribution is 0.0602. The highest BCUT2D eigenvalue weighted by Gasteiger charge is 2.13. The van der Waals surface area contributed by atoms with Gasteiger partial charge in [-0.25, -0.2) is 14.6 Å².